The van der Waals surface area contributed by atoms with E-state index < -0.39 is 0 Å². The summed E-state index contributed by atoms with van der Waals surface area (Å²) < 4.78 is 1.12. The Hall–Kier alpha value is -1.09. The van der Waals surface area contributed by atoms with Crippen LogP contribution in [0, 0.1) is 0 Å². The molecule has 0 saturated carbocycles. The van der Waals surface area contributed by atoms with E-state index in [1.54, 1.807) is 0 Å². The summed E-state index contributed by atoms with van der Waals surface area (Å²) in [4.78, 5) is 4.46. The zero-order valence-corrected chi connectivity index (χ0v) is 12.5. The molecular weight excluding hydrogens is 288 g/mol. The average Bonchev–Trinajstić information content (AvgIpc) is 2.38. The van der Waals surface area contributed by atoms with E-state index >= 15 is 0 Å². The predicted molar refractivity (Wildman–Crippen MR) is 82.1 cm³/mol. The summed E-state index contributed by atoms with van der Waals surface area (Å²) in [6.45, 7) is 4.44. The van der Waals surface area contributed by atoms with E-state index in [4.69, 9.17) is 0 Å². The first-order valence-corrected chi connectivity index (χ1v) is 7.31. The van der Waals surface area contributed by atoms with E-state index in [9.17, 15) is 0 Å². The Morgan fingerprint density at radius 3 is 2.89 bits per heavy atom. The normalized spacial score (nSPS) is 12.6. The molecule has 0 aliphatic heterocycles. The van der Waals surface area contributed by atoms with Crippen molar-refractivity contribution >= 4 is 32.5 Å². The molecule has 1 unspecified atom stereocenters. The van der Waals surface area contributed by atoms with E-state index in [0.29, 0.717) is 6.04 Å². The number of aromatic nitrogens is 1. The SMILES string of the molecule is CCCCC(C)Nc1nccc2c(Br)cccc12. The molecular formula is C15H19BrN2. The molecule has 96 valence electrons. The highest BCUT2D eigenvalue weighted by molar-refractivity contribution is 9.10. The van der Waals surface area contributed by atoms with Crippen molar-refractivity contribution < 1.29 is 0 Å². The molecule has 0 amide bonds. The number of unbranched alkanes of at least 4 members (excludes halogenated alkanes) is 1. The van der Waals surface area contributed by atoms with E-state index in [0.717, 1.165) is 10.3 Å². The third kappa shape index (κ3) is 3.02. The Morgan fingerprint density at radius 1 is 1.28 bits per heavy atom. The highest BCUT2D eigenvalue weighted by atomic mass is 79.9. The van der Waals surface area contributed by atoms with Gasteiger partial charge in [0.15, 0.2) is 0 Å². The summed E-state index contributed by atoms with van der Waals surface area (Å²) >= 11 is 3.58. The van der Waals surface area contributed by atoms with Gasteiger partial charge < -0.3 is 5.32 Å². The standard InChI is InChI=1S/C15H19BrN2/c1-3-4-6-11(2)18-15-13-7-5-8-14(16)12(13)9-10-17-15/h5,7-11H,3-4,6H2,1-2H3,(H,17,18). The molecule has 2 aromatic rings. The fraction of sp³-hybridized carbons (Fsp3) is 0.400. The van der Waals surface area contributed by atoms with Gasteiger partial charge in [0.05, 0.1) is 0 Å². The van der Waals surface area contributed by atoms with Crippen LogP contribution in [-0.4, -0.2) is 11.0 Å². The van der Waals surface area contributed by atoms with Crippen molar-refractivity contribution in [3.63, 3.8) is 0 Å². The van der Waals surface area contributed by atoms with Crippen molar-refractivity contribution in [1.82, 2.24) is 4.98 Å². The van der Waals surface area contributed by atoms with Gasteiger partial charge in [0.2, 0.25) is 0 Å². The number of hydrogen-bond acceptors (Lipinski definition) is 2. The van der Waals surface area contributed by atoms with E-state index in [1.807, 2.05) is 12.3 Å². The van der Waals surface area contributed by atoms with Crippen LogP contribution in [0.25, 0.3) is 10.8 Å². The lowest BCUT2D eigenvalue weighted by Gasteiger charge is -2.15. The van der Waals surface area contributed by atoms with Gasteiger partial charge in [-0.15, -0.1) is 0 Å². The lowest BCUT2D eigenvalue weighted by atomic mass is 10.1. The molecule has 0 fully saturated rings. The van der Waals surface area contributed by atoms with Crippen LogP contribution in [0.5, 0.6) is 0 Å². The number of nitrogens with zero attached hydrogens (tertiary/aromatic N) is 1. The highest BCUT2D eigenvalue weighted by Gasteiger charge is 2.07. The minimum atomic E-state index is 0.460. The van der Waals surface area contributed by atoms with Gasteiger partial charge in [-0.2, -0.15) is 0 Å². The van der Waals surface area contributed by atoms with E-state index in [1.165, 1.54) is 30.0 Å². The zero-order valence-electron chi connectivity index (χ0n) is 10.9. The van der Waals surface area contributed by atoms with Crippen molar-refractivity contribution in [2.45, 2.75) is 39.2 Å². The lowest BCUT2D eigenvalue weighted by molar-refractivity contribution is 0.644. The summed E-state index contributed by atoms with van der Waals surface area (Å²) in [5, 5.41) is 5.90. The molecule has 1 atom stereocenters. The van der Waals surface area contributed by atoms with E-state index in [-0.39, 0.29) is 0 Å². The minimum absolute atomic E-state index is 0.460. The first kappa shape index (κ1) is 13.3. The smallest absolute Gasteiger partial charge is 0.134 e. The average molecular weight is 307 g/mol. The van der Waals surface area contributed by atoms with Gasteiger partial charge >= 0.3 is 0 Å². The largest absolute Gasteiger partial charge is 0.367 e. The van der Waals surface area contributed by atoms with Crippen LogP contribution in [-0.2, 0) is 0 Å². The molecule has 1 heterocycles. The second-order valence-corrected chi connectivity index (χ2v) is 5.54. The molecule has 0 bridgehead atoms. The Bertz CT molecular complexity index is 525. The van der Waals surface area contributed by atoms with Crippen LogP contribution >= 0.6 is 15.9 Å². The molecule has 0 aliphatic carbocycles. The number of hydrogen-bond donors (Lipinski definition) is 1. The summed E-state index contributed by atoms with van der Waals surface area (Å²) in [6, 6.07) is 8.73. The third-order valence-corrected chi connectivity index (χ3v) is 3.82. The van der Waals surface area contributed by atoms with Crippen molar-refractivity contribution in [3.05, 3.63) is 34.9 Å². The van der Waals surface area contributed by atoms with Gasteiger partial charge in [0, 0.05) is 27.5 Å². The number of fused-ring (bicyclic) bond motifs is 1. The van der Waals surface area contributed by atoms with Crippen molar-refractivity contribution in [2.75, 3.05) is 5.32 Å². The molecule has 0 aliphatic rings. The number of benzene rings is 1. The second-order valence-electron chi connectivity index (χ2n) is 4.68. The van der Waals surface area contributed by atoms with Crippen LogP contribution < -0.4 is 5.32 Å². The predicted octanol–water partition coefficient (Wildman–Crippen LogP) is 4.99. The summed E-state index contributed by atoms with van der Waals surface area (Å²) in [5.41, 5.74) is 0. The molecule has 2 rings (SSSR count). The maximum Gasteiger partial charge on any atom is 0.134 e. The van der Waals surface area contributed by atoms with Crippen molar-refractivity contribution in [1.29, 1.82) is 0 Å². The maximum atomic E-state index is 4.46. The minimum Gasteiger partial charge on any atom is -0.367 e. The second kappa shape index (κ2) is 6.19. The number of nitrogens with one attached hydrogen (secondary N) is 1. The van der Waals surface area contributed by atoms with E-state index in [2.05, 4.69) is 58.3 Å². The molecule has 2 nitrogen and oxygen atoms in total. The Kier molecular flexibility index (Phi) is 4.59. The molecule has 1 N–H and O–H groups in total. The Balaban J connectivity index is 2.25. The Labute approximate surface area is 117 Å². The van der Waals surface area contributed by atoms with Gasteiger partial charge in [-0.25, -0.2) is 4.98 Å². The van der Waals surface area contributed by atoms with Gasteiger partial charge in [-0.05, 0) is 25.5 Å². The molecule has 1 aromatic carbocycles. The molecule has 1 aromatic heterocycles. The lowest BCUT2D eigenvalue weighted by Crippen LogP contribution is -2.15. The van der Waals surface area contributed by atoms with Crippen LogP contribution in [0.15, 0.2) is 34.9 Å². The molecule has 0 saturated heterocycles. The summed E-state index contributed by atoms with van der Waals surface area (Å²) in [7, 11) is 0. The Morgan fingerprint density at radius 2 is 2.11 bits per heavy atom. The monoisotopic (exact) mass is 306 g/mol. The van der Waals surface area contributed by atoms with Gasteiger partial charge in [-0.3, -0.25) is 0 Å². The number of rotatable bonds is 5. The fourth-order valence-electron chi connectivity index (χ4n) is 2.10. The molecule has 0 radical (unpaired) electrons. The summed E-state index contributed by atoms with van der Waals surface area (Å²) in [6.07, 6.45) is 5.54. The topological polar surface area (TPSA) is 24.9 Å². The maximum absolute atomic E-state index is 4.46. The first-order chi connectivity index (χ1) is 8.72. The number of halogens is 1. The van der Waals surface area contributed by atoms with Crippen LogP contribution in [0.3, 0.4) is 0 Å². The van der Waals surface area contributed by atoms with Crippen LogP contribution in [0.4, 0.5) is 5.82 Å². The molecule has 0 spiro atoms. The molecule has 18 heavy (non-hydrogen) atoms. The first-order valence-electron chi connectivity index (χ1n) is 6.52. The van der Waals surface area contributed by atoms with Crippen LogP contribution in [0.2, 0.25) is 0 Å². The quantitative estimate of drug-likeness (QED) is 0.842. The van der Waals surface area contributed by atoms with Crippen molar-refractivity contribution in [3.8, 4) is 0 Å². The third-order valence-electron chi connectivity index (χ3n) is 3.13. The fourth-order valence-corrected chi connectivity index (χ4v) is 2.60. The van der Waals surface area contributed by atoms with Gasteiger partial charge in [0.25, 0.3) is 0 Å². The number of anilines is 1. The van der Waals surface area contributed by atoms with Crippen molar-refractivity contribution in [2.24, 2.45) is 0 Å². The van der Waals surface area contributed by atoms with Gasteiger partial charge in [0.1, 0.15) is 5.82 Å². The molecule has 3 heteroatoms. The zero-order chi connectivity index (χ0) is 13.0. The highest BCUT2D eigenvalue weighted by Crippen LogP contribution is 2.28. The number of pyridine rings is 1. The van der Waals surface area contributed by atoms with Gasteiger partial charge in [-0.1, -0.05) is 47.8 Å². The van der Waals surface area contributed by atoms with Crippen LogP contribution in [0.1, 0.15) is 33.1 Å². The summed E-state index contributed by atoms with van der Waals surface area (Å²) in [5.74, 6) is 0.984.